The van der Waals surface area contributed by atoms with E-state index in [4.69, 9.17) is 17.3 Å². The van der Waals surface area contributed by atoms with Crippen molar-refractivity contribution in [2.45, 2.75) is 140 Å². The maximum Gasteiger partial charge on any atom is 0.396 e. The van der Waals surface area contributed by atoms with Crippen LogP contribution in [0.4, 0.5) is 0 Å². The number of H-pyrrole nitrogens is 1. The maximum atomic E-state index is 15.1. The van der Waals surface area contributed by atoms with Crippen LogP contribution in [0.15, 0.2) is 77.7 Å². The highest BCUT2D eigenvalue weighted by Gasteiger charge is 2.47. The number of hydrogen-bond acceptors (Lipinski definition) is 10. The van der Waals surface area contributed by atoms with Crippen LogP contribution >= 0.6 is 19.2 Å². The Balaban J connectivity index is 0.893. The van der Waals surface area contributed by atoms with Gasteiger partial charge in [-0.05, 0) is 142 Å². The molecule has 2 aromatic heterocycles. The standard InChI is InChI=1S/C58H70ClN10O12P/c1-31(2)40-15-9-35(25-41(40)59)29-61-52(72)43(17-21-50(60)70)64-54(74)48-19-14-39-23-24-67(30-45(56(76)68(39)48)65-53(73)44-28-38-27-37(13-16-42(38)63-44)57(77)82(79,80)81)55(75)36-11-7-33(8-12-36)5-6-34-10-18-47-49(26-34)66(4)58(78)69(47)46-20-22-51(71)62-32(46)3/h9-10,13,15-16,18,25-28,31,33,36,39,43,45-46,48,63H,3,5-8,11-12,14,17,19-24,29-30H2,1-2,4H3,(H2,60,70)(H,61,72)(H,62,71)(H,64,74)(H,65,73)(H2,79,80,81)/t33?,36?,39-,43+,45+,46?,48+/m1/s1. The third-order valence-electron chi connectivity index (χ3n) is 16.8. The quantitative estimate of drug-likeness (QED) is 0.0533. The number of benzene rings is 3. The lowest BCUT2D eigenvalue weighted by Gasteiger charge is -2.40. The van der Waals surface area contributed by atoms with Crippen molar-refractivity contribution in [1.29, 1.82) is 0 Å². The number of allylic oxidation sites excluding steroid dienone is 1. The largest absolute Gasteiger partial charge is 0.396 e. The molecule has 5 heterocycles. The van der Waals surface area contributed by atoms with E-state index in [1.807, 2.05) is 44.2 Å². The zero-order valence-electron chi connectivity index (χ0n) is 46.1. The molecule has 9 rings (SSSR count). The van der Waals surface area contributed by atoms with Gasteiger partial charge in [-0.2, -0.15) is 0 Å². The average molecular weight is 1170 g/mol. The number of aromatic amines is 1. The van der Waals surface area contributed by atoms with E-state index in [1.165, 1.54) is 29.2 Å². The third-order valence-corrected chi connectivity index (χ3v) is 17.9. The van der Waals surface area contributed by atoms with Crippen molar-refractivity contribution in [3.63, 3.8) is 0 Å². The number of aryl methyl sites for hydroxylation is 2. The van der Waals surface area contributed by atoms with E-state index in [9.17, 15) is 52.7 Å². The molecule has 3 aromatic carbocycles. The molecule has 5 atom stereocenters. The van der Waals surface area contributed by atoms with Crippen LogP contribution in [0.3, 0.4) is 0 Å². The normalized spacial score (nSPS) is 21.9. The van der Waals surface area contributed by atoms with Gasteiger partial charge in [-0.3, -0.25) is 52.1 Å². The number of carbonyl (C=O) groups excluding carboxylic acids is 8. The van der Waals surface area contributed by atoms with Gasteiger partial charge in [0.15, 0.2) is 0 Å². The Morgan fingerprint density at radius 1 is 0.890 bits per heavy atom. The molecule has 0 spiro atoms. The number of aromatic nitrogens is 3. The van der Waals surface area contributed by atoms with Crippen LogP contribution < -0.4 is 32.7 Å². The van der Waals surface area contributed by atoms with Crippen LogP contribution in [0.2, 0.25) is 5.02 Å². The minimum Gasteiger partial charge on any atom is -0.370 e. The molecule has 24 heteroatoms. The van der Waals surface area contributed by atoms with Crippen molar-refractivity contribution in [1.82, 2.24) is 45.2 Å². The van der Waals surface area contributed by atoms with E-state index in [2.05, 4.69) is 32.8 Å². The van der Waals surface area contributed by atoms with Gasteiger partial charge >= 0.3 is 13.3 Å². The molecule has 5 aromatic rings. The number of rotatable bonds is 18. The fourth-order valence-corrected chi connectivity index (χ4v) is 13.2. The number of primary amides is 1. The molecule has 82 heavy (non-hydrogen) atoms. The Labute approximate surface area is 478 Å². The second kappa shape index (κ2) is 24.6. The second-order valence-electron chi connectivity index (χ2n) is 22.6. The number of nitrogens with zero attached hydrogens (tertiary/aromatic N) is 4. The Morgan fingerprint density at radius 2 is 1.63 bits per heavy atom. The van der Waals surface area contributed by atoms with Crippen molar-refractivity contribution in [3.8, 4) is 0 Å². The summed E-state index contributed by atoms with van der Waals surface area (Å²) in [7, 11) is -3.39. The first-order chi connectivity index (χ1) is 38.9. The van der Waals surface area contributed by atoms with Crippen molar-refractivity contribution in [3.05, 3.63) is 116 Å². The maximum absolute atomic E-state index is 15.1. The van der Waals surface area contributed by atoms with Gasteiger partial charge in [0.1, 0.15) is 23.8 Å². The number of amides is 7. The Bertz CT molecular complexity index is 3500. The van der Waals surface area contributed by atoms with E-state index in [0.29, 0.717) is 66.2 Å². The number of nitrogens with one attached hydrogen (secondary N) is 5. The summed E-state index contributed by atoms with van der Waals surface area (Å²) in [6.07, 6.45) is 5.69. The average Bonchev–Trinajstić information content (AvgIpc) is 4.19. The summed E-state index contributed by atoms with van der Waals surface area (Å²) in [6, 6.07) is 12.1. The van der Waals surface area contributed by atoms with Crippen LogP contribution in [-0.4, -0.2) is 118 Å². The lowest BCUT2D eigenvalue weighted by molar-refractivity contribution is -0.147. The Morgan fingerprint density at radius 3 is 2.33 bits per heavy atom. The highest BCUT2D eigenvalue weighted by molar-refractivity contribution is 7.70. The van der Waals surface area contributed by atoms with Gasteiger partial charge in [0, 0.05) is 78.7 Å². The Kier molecular flexibility index (Phi) is 17.8. The molecule has 22 nitrogen and oxygen atoms in total. The number of nitrogens with two attached hydrogens (primary N) is 1. The van der Waals surface area contributed by atoms with Crippen LogP contribution in [-0.2, 0) is 53.3 Å². The fourth-order valence-electron chi connectivity index (χ4n) is 12.3. The summed E-state index contributed by atoms with van der Waals surface area (Å²) in [5.74, 6) is -3.46. The molecule has 1 aliphatic carbocycles. The van der Waals surface area contributed by atoms with Gasteiger partial charge in [0.2, 0.25) is 35.4 Å². The van der Waals surface area contributed by atoms with Gasteiger partial charge in [-0.1, -0.05) is 50.2 Å². The lowest BCUT2D eigenvalue weighted by atomic mass is 9.79. The molecular weight excluding hydrogens is 1100 g/mol. The smallest absolute Gasteiger partial charge is 0.370 e. The van der Waals surface area contributed by atoms with E-state index < -0.39 is 66.8 Å². The highest BCUT2D eigenvalue weighted by atomic mass is 35.5. The minimum absolute atomic E-state index is 0.0556. The topological polar surface area (TPSA) is 317 Å². The third kappa shape index (κ3) is 12.9. The molecule has 4 aliphatic rings. The van der Waals surface area contributed by atoms with E-state index in [0.717, 1.165) is 47.8 Å². The highest BCUT2D eigenvalue weighted by Crippen LogP contribution is 2.40. The van der Waals surface area contributed by atoms with Gasteiger partial charge in [0.25, 0.3) is 11.4 Å². The summed E-state index contributed by atoms with van der Waals surface area (Å²) in [6.45, 7) is 8.08. The van der Waals surface area contributed by atoms with E-state index in [1.54, 1.807) is 27.1 Å². The fraction of sp³-hybridized carbons (Fsp3) is 0.466. The summed E-state index contributed by atoms with van der Waals surface area (Å²) >= 11 is 6.51. The molecule has 1 unspecified atom stereocenters. The van der Waals surface area contributed by atoms with Crippen LogP contribution in [0.5, 0.6) is 0 Å². The SMILES string of the molecule is C=C1NC(=O)CCC1n1c(=O)n(C)c2cc(CCC3CCC(C(=O)N4CC[C@H]5CC[C@@H](C(=O)N[C@@H](CCC(N)=O)C(=O)NCc6ccc(C(C)C)c(Cl)c6)N5C(=O)[C@@H](NC(=O)c5cc6cc(C(=O)P(=O)(O)O)ccc6[nH]5)C4)CC3)ccc21. The van der Waals surface area contributed by atoms with Gasteiger partial charge < -0.3 is 51.6 Å². The molecule has 3 saturated heterocycles. The number of halogens is 1. The zero-order valence-corrected chi connectivity index (χ0v) is 47.7. The number of carbonyl (C=O) groups is 8. The number of fused-ring (bicyclic) bond motifs is 3. The number of imidazole rings is 1. The first-order valence-corrected chi connectivity index (χ1v) is 29.9. The molecule has 0 bridgehead atoms. The van der Waals surface area contributed by atoms with Gasteiger partial charge in [-0.25, -0.2) is 4.79 Å². The molecule has 0 radical (unpaired) electrons. The predicted molar refractivity (Wildman–Crippen MR) is 305 cm³/mol. The summed E-state index contributed by atoms with van der Waals surface area (Å²) < 4.78 is 15.1. The van der Waals surface area contributed by atoms with Gasteiger partial charge in [0.05, 0.1) is 17.1 Å². The molecule has 4 fully saturated rings. The van der Waals surface area contributed by atoms with Crippen molar-refractivity contribution in [2.75, 3.05) is 13.1 Å². The van der Waals surface area contributed by atoms with Crippen molar-refractivity contribution >= 4 is 88.0 Å². The number of piperidine rings is 1. The number of hydrogen-bond donors (Lipinski definition) is 8. The molecule has 7 amide bonds. The second-order valence-corrected chi connectivity index (χ2v) is 24.5. The van der Waals surface area contributed by atoms with Crippen LogP contribution in [0.25, 0.3) is 21.9 Å². The van der Waals surface area contributed by atoms with Crippen molar-refractivity contribution in [2.24, 2.45) is 24.6 Å². The van der Waals surface area contributed by atoms with Gasteiger partial charge in [-0.15, -0.1) is 0 Å². The first kappa shape index (κ1) is 59.2. The summed E-state index contributed by atoms with van der Waals surface area (Å²) in [5, 5.41) is 12.0. The molecule has 9 N–H and O–H groups in total. The van der Waals surface area contributed by atoms with Crippen LogP contribution in [0.1, 0.15) is 140 Å². The van der Waals surface area contributed by atoms with E-state index in [-0.39, 0.29) is 90.9 Å². The summed E-state index contributed by atoms with van der Waals surface area (Å²) in [5.41, 5.74) is 8.69. The van der Waals surface area contributed by atoms with E-state index >= 15 is 4.79 Å². The monoisotopic (exact) mass is 1160 g/mol. The zero-order chi connectivity index (χ0) is 58.9. The Hall–Kier alpha value is -7.39. The molecule has 1 saturated carbocycles. The van der Waals surface area contributed by atoms with Crippen LogP contribution in [0, 0.1) is 11.8 Å². The van der Waals surface area contributed by atoms with Crippen molar-refractivity contribution < 1.29 is 52.7 Å². The lowest BCUT2D eigenvalue weighted by Crippen LogP contribution is -2.62. The molecular formula is C58H70ClN10O12P. The molecule has 436 valence electrons. The summed E-state index contributed by atoms with van der Waals surface area (Å²) in [4.78, 5) is 147. The first-order valence-electron chi connectivity index (χ1n) is 27.9. The minimum atomic E-state index is -5.12. The predicted octanol–water partition coefficient (Wildman–Crippen LogP) is 5.08. The molecule has 3 aliphatic heterocycles.